The number of carbonyl (C=O) groups is 1. The van der Waals surface area contributed by atoms with Crippen molar-refractivity contribution in [3.8, 4) is 11.1 Å². The fourth-order valence-corrected chi connectivity index (χ4v) is 1.78. The Morgan fingerprint density at radius 3 is 2.31 bits per heavy atom. The van der Waals surface area contributed by atoms with Crippen molar-refractivity contribution >= 4 is 19.0 Å². The first-order valence-electron chi connectivity index (χ1n) is 5.48. The fourth-order valence-electron chi connectivity index (χ4n) is 1.78. The van der Waals surface area contributed by atoms with Crippen molar-refractivity contribution in [1.82, 2.24) is 0 Å². The number of benzene rings is 2. The van der Waals surface area contributed by atoms with Gasteiger partial charge in [0.2, 0.25) is 0 Å². The molecule has 0 amide bonds. The molecule has 0 bridgehead atoms. The number of aldehydes is 1. The standard InChI is InChI=1S/C14H13BO/c1-15-13-8-6-11(7-9-13)14-5-3-2-4-12(14)10-16/h2-10,15H,1H3. The smallest absolute Gasteiger partial charge is 0.154 e. The predicted octanol–water partition coefficient (Wildman–Crippen LogP) is 2.28. The molecule has 2 heteroatoms. The summed E-state index contributed by atoms with van der Waals surface area (Å²) in [5, 5.41) is 0. The lowest BCUT2D eigenvalue weighted by molar-refractivity contribution is 0.112. The van der Waals surface area contributed by atoms with Crippen LogP contribution in [0.5, 0.6) is 0 Å². The van der Waals surface area contributed by atoms with Gasteiger partial charge in [-0.3, -0.25) is 4.79 Å². The van der Waals surface area contributed by atoms with Gasteiger partial charge in [0.25, 0.3) is 0 Å². The van der Waals surface area contributed by atoms with E-state index in [4.69, 9.17) is 0 Å². The van der Waals surface area contributed by atoms with Gasteiger partial charge >= 0.3 is 0 Å². The number of rotatable bonds is 3. The SMILES string of the molecule is CBc1ccc(-c2ccccc2C=O)cc1. The van der Waals surface area contributed by atoms with Crippen molar-refractivity contribution in [3.63, 3.8) is 0 Å². The van der Waals surface area contributed by atoms with Crippen molar-refractivity contribution in [2.75, 3.05) is 0 Å². The molecule has 78 valence electrons. The summed E-state index contributed by atoms with van der Waals surface area (Å²) in [5.74, 6) is 0. The molecule has 0 unspecified atom stereocenters. The Morgan fingerprint density at radius 1 is 1.00 bits per heavy atom. The van der Waals surface area contributed by atoms with Gasteiger partial charge in [0.05, 0.1) is 0 Å². The van der Waals surface area contributed by atoms with E-state index in [1.54, 1.807) is 0 Å². The molecule has 0 aliphatic rings. The monoisotopic (exact) mass is 208 g/mol. The Kier molecular flexibility index (Phi) is 3.20. The van der Waals surface area contributed by atoms with E-state index in [1.807, 2.05) is 24.3 Å². The normalized spacial score (nSPS) is 9.81. The zero-order valence-electron chi connectivity index (χ0n) is 9.31. The topological polar surface area (TPSA) is 17.1 Å². The van der Waals surface area contributed by atoms with Crippen LogP contribution in [-0.2, 0) is 0 Å². The molecule has 1 nitrogen and oxygen atoms in total. The maximum absolute atomic E-state index is 10.9. The summed E-state index contributed by atoms with van der Waals surface area (Å²) in [6, 6.07) is 16.0. The van der Waals surface area contributed by atoms with Crippen LogP contribution in [0.3, 0.4) is 0 Å². The maximum Gasteiger partial charge on any atom is 0.154 e. The molecular formula is C14H13BO. The molecule has 0 N–H and O–H groups in total. The summed E-state index contributed by atoms with van der Waals surface area (Å²) < 4.78 is 0. The molecule has 0 saturated heterocycles. The Morgan fingerprint density at radius 2 is 1.69 bits per heavy atom. The van der Waals surface area contributed by atoms with E-state index >= 15 is 0 Å². The molecule has 0 heterocycles. The summed E-state index contributed by atoms with van der Waals surface area (Å²) in [7, 11) is 1.04. The summed E-state index contributed by atoms with van der Waals surface area (Å²) in [4.78, 5) is 10.9. The lowest BCUT2D eigenvalue weighted by atomic mass is 9.73. The second-order valence-electron chi connectivity index (χ2n) is 3.76. The van der Waals surface area contributed by atoms with Crippen LogP contribution >= 0.6 is 0 Å². The molecule has 0 aliphatic carbocycles. The average Bonchev–Trinajstić information content (AvgIpc) is 2.39. The van der Waals surface area contributed by atoms with Gasteiger partial charge in [0.15, 0.2) is 13.6 Å². The van der Waals surface area contributed by atoms with Crippen molar-refractivity contribution in [2.45, 2.75) is 6.82 Å². The minimum absolute atomic E-state index is 0.742. The van der Waals surface area contributed by atoms with E-state index in [-0.39, 0.29) is 0 Å². The second kappa shape index (κ2) is 4.80. The molecule has 0 fully saturated rings. The van der Waals surface area contributed by atoms with Crippen LogP contribution in [0.15, 0.2) is 48.5 Å². The minimum Gasteiger partial charge on any atom is -0.298 e. The average molecular weight is 208 g/mol. The van der Waals surface area contributed by atoms with E-state index < -0.39 is 0 Å². The third kappa shape index (κ3) is 2.06. The van der Waals surface area contributed by atoms with Crippen LogP contribution in [0.2, 0.25) is 6.82 Å². The lowest BCUT2D eigenvalue weighted by Crippen LogP contribution is -2.08. The highest BCUT2D eigenvalue weighted by molar-refractivity contribution is 6.51. The molecular weight excluding hydrogens is 195 g/mol. The quantitative estimate of drug-likeness (QED) is 0.558. The Labute approximate surface area is 96.4 Å². The zero-order chi connectivity index (χ0) is 11.4. The number of hydrogen-bond donors (Lipinski definition) is 0. The van der Waals surface area contributed by atoms with E-state index in [0.29, 0.717) is 0 Å². The van der Waals surface area contributed by atoms with Gasteiger partial charge < -0.3 is 0 Å². The summed E-state index contributed by atoms with van der Waals surface area (Å²) in [6.45, 7) is 2.13. The number of carbonyl (C=O) groups excluding carboxylic acids is 1. The highest BCUT2D eigenvalue weighted by Gasteiger charge is 2.02. The van der Waals surface area contributed by atoms with E-state index in [9.17, 15) is 4.79 Å². The molecule has 16 heavy (non-hydrogen) atoms. The van der Waals surface area contributed by atoms with Gasteiger partial charge in [-0.25, -0.2) is 0 Å². The van der Waals surface area contributed by atoms with Crippen LogP contribution in [-0.4, -0.2) is 13.6 Å². The largest absolute Gasteiger partial charge is 0.298 e. The van der Waals surface area contributed by atoms with Crippen molar-refractivity contribution in [1.29, 1.82) is 0 Å². The first kappa shape index (κ1) is 10.7. The second-order valence-corrected chi connectivity index (χ2v) is 3.76. The molecule has 0 aromatic heterocycles. The third-order valence-electron chi connectivity index (χ3n) is 2.76. The van der Waals surface area contributed by atoms with E-state index in [0.717, 1.165) is 30.3 Å². The van der Waals surface area contributed by atoms with E-state index in [2.05, 4.69) is 31.1 Å². The summed E-state index contributed by atoms with van der Waals surface area (Å²) >= 11 is 0. The van der Waals surface area contributed by atoms with Gasteiger partial charge in [-0.2, -0.15) is 0 Å². The first-order valence-corrected chi connectivity index (χ1v) is 5.48. The lowest BCUT2D eigenvalue weighted by Gasteiger charge is -2.05. The Balaban J connectivity index is 2.46. The molecule has 0 atom stereocenters. The van der Waals surface area contributed by atoms with Crippen LogP contribution in [0.25, 0.3) is 11.1 Å². The number of hydrogen-bond acceptors (Lipinski definition) is 1. The first-order chi connectivity index (χ1) is 7.85. The molecule has 0 radical (unpaired) electrons. The van der Waals surface area contributed by atoms with Gasteiger partial charge in [0.1, 0.15) is 0 Å². The van der Waals surface area contributed by atoms with Gasteiger partial charge in [0, 0.05) is 5.56 Å². The highest BCUT2D eigenvalue weighted by Crippen LogP contribution is 2.21. The maximum atomic E-state index is 10.9. The molecule has 2 aromatic carbocycles. The summed E-state index contributed by atoms with van der Waals surface area (Å²) in [5.41, 5.74) is 4.15. The van der Waals surface area contributed by atoms with Crippen LogP contribution < -0.4 is 5.46 Å². The van der Waals surface area contributed by atoms with Gasteiger partial charge in [-0.1, -0.05) is 60.8 Å². The van der Waals surface area contributed by atoms with Crippen LogP contribution in [0, 0.1) is 0 Å². The minimum atomic E-state index is 0.742. The highest BCUT2D eigenvalue weighted by atomic mass is 16.1. The summed E-state index contributed by atoms with van der Waals surface area (Å²) in [6.07, 6.45) is 0.906. The van der Waals surface area contributed by atoms with Crippen molar-refractivity contribution in [3.05, 3.63) is 54.1 Å². The van der Waals surface area contributed by atoms with Crippen molar-refractivity contribution < 1.29 is 4.79 Å². The predicted molar refractivity (Wildman–Crippen MR) is 69.9 cm³/mol. The van der Waals surface area contributed by atoms with Crippen molar-refractivity contribution in [2.24, 2.45) is 0 Å². The fraction of sp³-hybridized carbons (Fsp3) is 0.0714. The Hall–Kier alpha value is -1.83. The molecule has 0 aliphatic heterocycles. The van der Waals surface area contributed by atoms with Crippen LogP contribution in [0.4, 0.5) is 0 Å². The third-order valence-corrected chi connectivity index (χ3v) is 2.76. The molecule has 2 aromatic rings. The van der Waals surface area contributed by atoms with Gasteiger partial charge in [-0.15, -0.1) is 0 Å². The molecule has 0 saturated carbocycles. The molecule has 2 rings (SSSR count). The van der Waals surface area contributed by atoms with E-state index in [1.165, 1.54) is 5.46 Å². The zero-order valence-corrected chi connectivity index (χ0v) is 9.31. The van der Waals surface area contributed by atoms with Gasteiger partial charge in [-0.05, 0) is 11.1 Å². The Bertz CT molecular complexity index is 488. The molecule has 0 spiro atoms. The van der Waals surface area contributed by atoms with Crippen LogP contribution in [0.1, 0.15) is 10.4 Å².